The van der Waals surface area contributed by atoms with Crippen molar-refractivity contribution in [1.82, 2.24) is 9.97 Å². The maximum atomic E-state index is 10.9. The number of imidazole rings is 1. The molecule has 0 saturated carbocycles. The number of H-pyrrole nitrogens is 1. The summed E-state index contributed by atoms with van der Waals surface area (Å²) in [5.74, 6) is -0.296. The van der Waals surface area contributed by atoms with Crippen molar-refractivity contribution in [2.45, 2.75) is 192 Å². The van der Waals surface area contributed by atoms with Crippen LogP contribution in [0.5, 0.6) is 0 Å². The molecule has 4 nitrogen and oxygen atoms in total. The molecule has 0 fully saturated rings. The lowest BCUT2D eigenvalue weighted by atomic mass is 10.0. The Labute approximate surface area is 266 Å². The van der Waals surface area contributed by atoms with E-state index >= 15 is 0 Å². The highest BCUT2D eigenvalue weighted by Gasteiger charge is 1.98. The minimum absolute atomic E-state index is 0.296. The number of nitrogens with zero attached hydrogens (tertiary/aromatic N) is 1. The Hall–Kier alpha value is -1.23. The normalized spacial score (nSPS) is 10.8. The van der Waals surface area contributed by atoms with Crippen LogP contribution in [0.3, 0.4) is 0 Å². The number of unbranched alkanes of at least 4 members (excludes halogenated alkanes) is 27. The molecule has 0 aromatic carbocycles. The Bertz CT molecular complexity index is 650. The zero-order valence-electron chi connectivity index (χ0n) is 28.1. The molecule has 0 atom stereocenters. The maximum absolute atomic E-state index is 10.9. The van der Waals surface area contributed by atoms with Crippen LogP contribution in [-0.4, -0.2) is 28.8 Å². The second-order valence-electron chi connectivity index (χ2n) is 12.0. The van der Waals surface area contributed by atoms with Gasteiger partial charge in [0.25, 0.3) is 0 Å². The Kier molecular flexibility index (Phi) is 34.9. The maximum Gasteiger partial charge on any atom is 0.330 e. The molecule has 42 heavy (non-hydrogen) atoms. The Morgan fingerprint density at radius 2 is 1.00 bits per heavy atom. The number of esters is 1. The number of hydrogen-bond donors (Lipinski definition) is 1. The lowest BCUT2D eigenvalue weighted by Crippen LogP contribution is -2.01. The first-order chi connectivity index (χ1) is 20.7. The zero-order chi connectivity index (χ0) is 30.6. The van der Waals surface area contributed by atoms with Crippen molar-refractivity contribution in [3.8, 4) is 0 Å². The van der Waals surface area contributed by atoms with E-state index in [4.69, 9.17) is 4.74 Å². The molecule has 0 saturated heterocycles. The van der Waals surface area contributed by atoms with Crippen LogP contribution in [0.2, 0.25) is 0 Å². The first-order valence-electron chi connectivity index (χ1n) is 18.1. The summed E-state index contributed by atoms with van der Waals surface area (Å²) < 4.78 is 4.99. The van der Waals surface area contributed by atoms with E-state index in [9.17, 15) is 4.79 Å². The fraction of sp³-hybridized carbons (Fsp3) is 0.838. The number of hydrogen-bond acceptors (Lipinski definition) is 4. The van der Waals surface area contributed by atoms with E-state index < -0.39 is 0 Å². The summed E-state index contributed by atoms with van der Waals surface area (Å²) in [6.07, 6.45) is 46.3. The number of ether oxygens (including phenoxy) is 1. The average molecular weight is 607 g/mol. The molecule has 0 radical (unpaired) electrons. The molecule has 0 aliphatic rings. The molecule has 0 aliphatic heterocycles. The van der Waals surface area contributed by atoms with Gasteiger partial charge in [-0.25, -0.2) is 9.78 Å². The van der Waals surface area contributed by atoms with Gasteiger partial charge in [-0.05, 0) is 12.7 Å². The minimum atomic E-state index is -0.296. The highest BCUT2D eigenvalue weighted by molar-refractivity contribution is 7.98. The van der Waals surface area contributed by atoms with Gasteiger partial charge in [-0.3, -0.25) is 0 Å². The number of thioether (sulfide) groups is 1. The van der Waals surface area contributed by atoms with Crippen LogP contribution in [-0.2, 0) is 9.53 Å². The molecule has 0 aliphatic carbocycles. The lowest BCUT2D eigenvalue weighted by molar-refractivity contribution is -0.137. The Morgan fingerprint density at radius 1 is 0.667 bits per heavy atom. The highest BCUT2D eigenvalue weighted by Crippen LogP contribution is 2.16. The molecule has 5 heteroatoms. The van der Waals surface area contributed by atoms with Crippen LogP contribution >= 0.6 is 11.8 Å². The van der Waals surface area contributed by atoms with Gasteiger partial charge < -0.3 is 9.72 Å². The molecule has 1 aromatic heterocycles. The van der Waals surface area contributed by atoms with Crippen molar-refractivity contribution in [3.63, 3.8) is 0 Å². The molecule has 1 heterocycles. The van der Waals surface area contributed by atoms with E-state index in [2.05, 4.69) is 23.5 Å². The molecular formula is C37H70N2O2S. The monoisotopic (exact) mass is 607 g/mol. The fourth-order valence-electron chi connectivity index (χ4n) is 5.37. The number of carbonyl (C=O) groups is 1. The van der Waals surface area contributed by atoms with Crippen LogP contribution in [0.25, 0.3) is 0 Å². The number of nitrogens with one attached hydrogen (secondary N) is 1. The molecule has 0 spiro atoms. The summed E-state index contributed by atoms with van der Waals surface area (Å²) in [5, 5.41) is 0.972. The summed E-state index contributed by atoms with van der Waals surface area (Å²) in [7, 11) is 0. The molecule has 1 aromatic rings. The summed E-state index contributed by atoms with van der Waals surface area (Å²) in [5.41, 5.74) is 0. The third-order valence-corrected chi connectivity index (χ3v) is 8.69. The fourth-order valence-corrected chi connectivity index (χ4v) is 5.72. The van der Waals surface area contributed by atoms with Crippen molar-refractivity contribution >= 4 is 17.7 Å². The molecule has 0 unspecified atom stereocenters. The standard InChI is InChI=1S/C33H64O2.C4H6N2S/c1-3-5-6-7-8-9-10-11-12-13-14-15-16-17-18-19-20-21-22-23-24-25-26-27-28-29-30-31-32-35-33(34)4-2;1-7-4-5-2-3-6-4/h4H,2-3,5-32H2,1H3;2-3H,1H3,(H,5,6). The van der Waals surface area contributed by atoms with Gasteiger partial charge in [0.2, 0.25) is 0 Å². The number of carbonyl (C=O) groups excluding carboxylic acids is 1. The van der Waals surface area contributed by atoms with Crippen molar-refractivity contribution in [2.75, 3.05) is 12.9 Å². The summed E-state index contributed by atoms with van der Waals surface area (Å²) in [4.78, 5) is 17.8. The van der Waals surface area contributed by atoms with E-state index in [1.165, 1.54) is 179 Å². The van der Waals surface area contributed by atoms with Crippen LogP contribution in [0.15, 0.2) is 30.2 Å². The van der Waals surface area contributed by atoms with E-state index in [0.717, 1.165) is 11.6 Å². The quantitative estimate of drug-likeness (QED) is 0.0395. The van der Waals surface area contributed by atoms with Gasteiger partial charge >= 0.3 is 5.97 Å². The van der Waals surface area contributed by atoms with E-state index in [-0.39, 0.29) is 5.97 Å². The smallest absolute Gasteiger partial charge is 0.330 e. The second kappa shape index (κ2) is 36.0. The van der Waals surface area contributed by atoms with Gasteiger partial charge in [-0.1, -0.05) is 199 Å². The molecule has 1 N–H and O–H groups in total. The molecule has 0 bridgehead atoms. The van der Waals surface area contributed by atoms with E-state index in [1.54, 1.807) is 18.0 Å². The molecular weight excluding hydrogens is 536 g/mol. The van der Waals surface area contributed by atoms with Gasteiger partial charge in [0.05, 0.1) is 6.61 Å². The first-order valence-corrected chi connectivity index (χ1v) is 19.3. The van der Waals surface area contributed by atoms with Crippen molar-refractivity contribution in [2.24, 2.45) is 0 Å². The van der Waals surface area contributed by atoms with E-state index in [0.29, 0.717) is 6.61 Å². The topological polar surface area (TPSA) is 55.0 Å². The minimum Gasteiger partial charge on any atom is -0.463 e. The summed E-state index contributed by atoms with van der Waals surface area (Å²) in [6, 6.07) is 0. The summed E-state index contributed by atoms with van der Waals surface area (Å²) in [6.45, 7) is 6.25. The highest BCUT2D eigenvalue weighted by atomic mass is 32.2. The molecule has 0 amide bonds. The lowest BCUT2D eigenvalue weighted by Gasteiger charge is -2.05. The summed E-state index contributed by atoms with van der Waals surface area (Å²) >= 11 is 1.61. The average Bonchev–Trinajstić information content (AvgIpc) is 3.55. The van der Waals surface area contributed by atoms with Gasteiger partial charge in [0.1, 0.15) is 0 Å². The van der Waals surface area contributed by atoms with Crippen LogP contribution in [0, 0.1) is 0 Å². The number of rotatable bonds is 31. The van der Waals surface area contributed by atoms with Gasteiger partial charge in [-0.2, -0.15) is 0 Å². The predicted molar refractivity (Wildman–Crippen MR) is 186 cm³/mol. The van der Waals surface area contributed by atoms with Gasteiger partial charge in [0, 0.05) is 18.5 Å². The van der Waals surface area contributed by atoms with Crippen LogP contribution in [0.4, 0.5) is 0 Å². The van der Waals surface area contributed by atoms with E-state index in [1.807, 2.05) is 12.5 Å². The Morgan fingerprint density at radius 3 is 1.24 bits per heavy atom. The third kappa shape index (κ3) is 33.3. The zero-order valence-corrected chi connectivity index (χ0v) is 28.9. The largest absolute Gasteiger partial charge is 0.463 e. The molecule has 246 valence electrons. The van der Waals surface area contributed by atoms with Crippen molar-refractivity contribution in [3.05, 3.63) is 25.0 Å². The van der Waals surface area contributed by atoms with Gasteiger partial charge in [-0.15, -0.1) is 0 Å². The first kappa shape index (κ1) is 40.8. The molecule has 1 rings (SSSR count). The van der Waals surface area contributed by atoms with Crippen LogP contribution < -0.4 is 0 Å². The van der Waals surface area contributed by atoms with Crippen molar-refractivity contribution in [1.29, 1.82) is 0 Å². The van der Waals surface area contributed by atoms with Crippen LogP contribution in [0.1, 0.15) is 187 Å². The third-order valence-electron chi connectivity index (χ3n) is 8.08. The van der Waals surface area contributed by atoms with Gasteiger partial charge in [0.15, 0.2) is 5.16 Å². The predicted octanol–water partition coefficient (Wildman–Crippen LogP) is 12.8. The number of aromatic amines is 1. The number of aromatic nitrogens is 2. The SMILES string of the molecule is C=CC(=O)OCCCCCCCCCCCCCCCCCCCCCCCCCCCCCC.CSc1ncc[nH]1. The van der Waals surface area contributed by atoms with Crippen molar-refractivity contribution < 1.29 is 9.53 Å². The Balaban J connectivity index is 0.00000207. The second-order valence-corrected chi connectivity index (χ2v) is 12.8.